The molecule has 0 aliphatic rings. The molecule has 19 heavy (non-hydrogen) atoms. The van der Waals surface area contributed by atoms with Gasteiger partial charge in [0.15, 0.2) is 0 Å². The van der Waals surface area contributed by atoms with Crippen LogP contribution >= 0.6 is 0 Å². The third-order valence-electron chi connectivity index (χ3n) is 2.01. The predicted octanol–water partition coefficient (Wildman–Crippen LogP) is 1.91. The van der Waals surface area contributed by atoms with Crippen LogP contribution in [0.3, 0.4) is 0 Å². The standard InChI is InChI=1S/C11H23NO2.C2H6N2O/c1-6-7-8-9-12(5)10(13)14-11(2,3)4;1-3-4-2-5/h6-9H2,1-5H3;2-3H,1H3,(H,4,5). The molecule has 0 aliphatic carbocycles. The summed E-state index contributed by atoms with van der Waals surface area (Å²) in [5.74, 6) is 0. The number of nitrogens with zero attached hydrogens (tertiary/aromatic N) is 1. The highest BCUT2D eigenvalue weighted by atomic mass is 16.6. The van der Waals surface area contributed by atoms with Crippen molar-refractivity contribution < 1.29 is 14.3 Å². The van der Waals surface area contributed by atoms with Gasteiger partial charge >= 0.3 is 6.09 Å². The van der Waals surface area contributed by atoms with Gasteiger partial charge in [-0.3, -0.25) is 10.2 Å². The molecule has 0 spiro atoms. The number of rotatable bonds is 6. The number of carbonyl (C=O) groups is 2. The smallest absolute Gasteiger partial charge is 0.410 e. The predicted molar refractivity (Wildman–Crippen MR) is 76.6 cm³/mol. The maximum Gasteiger partial charge on any atom is 0.410 e. The molecule has 2 amide bonds. The van der Waals surface area contributed by atoms with E-state index in [-0.39, 0.29) is 6.09 Å². The highest BCUT2D eigenvalue weighted by Gasteiger charge is 2.18. The van der Waals surface area contributed by atoms with Crippen LogP contribution in [0.1, 0.15) is 47.0 Å². The number of ether oxygens (including phenoxy) is 1. The second kappa shape index (κ2) is 11.8. The van der Waals surface area contributed by atoms with Gasteiger partial charge in [-0.1, -0.05) is 19.8 Å². The lowest BCUT2D eigenvalue weighted by atomic mass is 10.2. The monoisotopic (exact) mass is 275 g/mol. The van der Waals surface area contributed by atoms with Crippen LogP contribution in [0.15, 0.2) is 0 Å². The summed E-state index contributed by atoms with van der Waals surface area (Å²) in [6, 6.07) is 0. The lowest BCUT2D eigenvalue weighted by molar-refractivity contribution is -0.110. The van der Waals surface area contributed by atoms with Gasteiger partial charge in [-0.2, -0.15) is 0 Å². The molecule has 0 aliphatic heterocycles. The van der Waals surface area contributed by atoms with Gasteiger partial charge in [0, 0.05) is 20.6 Å². The minimum atomic E-state index is -0.393. The molecule has 0 aromatic heterocycles. The minimum Gasteiger partial charge on any atom is -0.444 e. The van der Waals surface area contributed by atoms with Crippen LogP contribution in [0.25, 0.3) is 0 Å². The Hall–Kier alpha value is -1.30. The van der Waals surface area contributed by atoms with Gasteiger partial charge in [0.05, 0.1) is 0 Å². The number of hydrogen-bond donors (Lipinski definition) is 2. The van der Waals surface area contributed by atoms with Crippen LogP contribution in [0.2, 0.25) is 0 Å². The van der Waals surface area contributed by atoms with E-state index in [2.05, 4.69) is 17.8 Å². The Morgan fingerprint density at radius 1 is 1.32 bits per heavy atom. The van der Waals surface area contributed by atoms with Gasteiger partial charge in [-0.25, -0.2) is 10.2 Å². The third-order valence-corrected chi connectivity index (χ3v) is 2.01. The molecule has 0 aromatic carbocycles. The van der Waals surface area contributed by atoms with E-state index >= 15 is 0 Å². The van der Waals surface area contributed by atoms with Crippen LogP contribution in [0.4, 0.5) is 4.79 Å². The Labute approximate surface area is 116 Å². The van der Waals surface area contributed by atoms with E-state index in [4.69, 9.17) is 4.74 Å². The molecule has 0 rings (SSSR count). The van der Waals surface area contributed by atoms with Crippen LogP contribution in [-0.2, 0) is 9.53 Å². The van der Waals surface area contributed by atoms with Crippen molar-refractivity contribution >= 4 is 12.5 Å². The first-order chi connectivity index (χ1) is 8.78. The molecule has 114 valence electrons. The summed E-state index contributed by atoms with van der Waals surface area (Å²) in [6.45, 7) is 8.57. The lowest BCUT2D eigenvalue weighted by Crippen LogP contribution is -2.34. The summed E-state index contributed by atoms with van der Waals surface area (Å²) in [7, 11) is 3.40. The zero-order valence-corrected chi connectivity index (χ0v) is 13.1. The molecule has 0 saturated carbocycles. The first-order valence-corrected chi connectivity index (χ1v) is 6.58. The fourth-order valence-electron chi connectivity index (χ4n) is 1.09. The van der Waals surface area contributed by atoms with E-state index in [1.54, 1.807) is 19.0 Å². The molecule has 6 nitrogen and oxygen atoms in total. The molecule has 0 radical (unpaired) electrons. The first-order valence-electron chi connectivity index (χ1n) is 6.58. The number of hydrogen-bond acceptors (Lipinski definition) is 4. The van der Waals surface area contributed by atoms with Crippen molar-refractivity contribution in [1.29, 1.82) is 0 Å². The summed E-state index contributed by atoms with van der Waals surface area (Å²) < 4.78 is 5.22. The average molecular weight is 275 g/mol. The Balaban J connectivity index is 0. The van der Waals surface area contributed by atoms with Gasteiger partial charge < -0.3 is 9.64 Å². The molecule has 0 fully saturated rings. The SMILES string of the molecule is CCCCCN(C)C(=O)OC(C)(C)C.CNNC=O. The Bertz CT molecular complexity index is 240. The number of nitrogens with one attached hydrogen (secondary N) is 2. The summed E-state index contributed by atoms with van der Waals surface area (Å²) >= 11 is 0. The molecule has 2 N–H and O–H groups in total. The number of carbonyl (C=O) groups excluding carboxylic acids is 2. The molecule has 0 atom stereocenters. The normalized spacial score (nSPS) is 10.0. The zero-order chi connectivity index (χ0) is 15.3. The van der Waals surface area contributed by atoms with Crippen molar-refractivity contribution in [2.24, 2.45) is 0 Å². The highest BCUT2D eigenvalue weighted by Crippen LogP contribution is 2.09. The third kappa shape index (κ3) is 16.7. The number of unbranched alkanes of at least 4 members (excludes halogenated alkanes) is 2. The maximum atomic E-state index is 11.5. The second-order valence-electron chi connectivity index (χ2n) is 5.12. The van der Waals surface area contributed by atoms with Crippen LogP contribution in [0.5, 0.6) is 0 Å². The van der Waals surface area contributed by atoms with E-state index in [0.717, 1.165) is 19.4 Å². The quantitative estimate of drug-likeness (QED) is 0.441. The van der Waals surface area contributed by atoms with Gasteiger partial charge in [-0.05, 0) is 27.2 Å². The van der Waals surface area contributed by atoms with Crippen molar-refractivity contribution in [3.8, 4) is 0 Å². The summed E-state index contributed by atoms with van der Waals surface area (Å²) in [5, 5.41) is 0. The summed E-state index contributed by atoms with van der Waals surface area (Å²) in [4.78, 5) is 22.3. The fourth-order valence-corrected chi connectivity index (χ4v) is 1.09. The van der Waals surface area contributed by atoms with E-state index < -0.39 is 5.60 Å². The molecule has 0 aromatic rings. The molecule has 6 heteroatoms. The molecule has 0 heterocycles. The van der Waals surface area contributed by atoms with Gasteiger partial charge in [0.1, 0.15) is 5.60 Å². The Morgan fingerprint density at radius 2 is 1.89 bits per heavy atom. The van der Waals surface area contributed by atoms with Crippen molar-refractivity contribution in [3.63, 3.8) is 0 Å². The van der Waals surface area contributed by atoms with Gasteiger partial charge in [0.25, 0.3) is 0 Å². The van der Waals surface area contributed by atoms with Crippen LogP contribution < -0.4 is 10.9 Å². The molecule has 0 unspecified atom stereocenters. The number of hydrazine groups is 1. The fraction of sp³-hybridized carbons (Fsp3) is 0.846. The topological polar surface area (TPSA) is 70.7 Å². The summed E-state index contributed by atoms with van der Waals surface area (Å²) in [5.41, 5.74) is 4.19. The molecule has 0 saturated heterocycles. The summed E-state index contributed by atoms with van der Waals surface area (Å²) in [6.07, 6.45) is 3.72. The molecule has 0 bridgehead atoms. The Morgan fingerprint density at radius 3 is 2.21 bits per heavy atom. The van der Waals surface area contributed by atoms with Crippen molar-refractivity contribution in [2.45, 2.75) is 52.6 Å². The zero-order valence-electron chi connectivity index (χ0n) is 13.1. The largest absolute Gasteiger partial charge is 0.444 e. The molecular weight excluding hydrogens is 246 g/mol. The van der Waals surface area contributed by atoms with E-state index in [1.807, 2.05) is 20.8 Å². The van der Waals surface area contributed by atoms with E-state index in [1.165, 1.54) is 6.42 Å². The minimum absolute atomic E-state index is 0.228. The van der Waals surface area contributed by atoms with Crippen molar-refractivity contribution in [2.75, 3.05) is 20.6 Å². The highest BCUT2D eigenvalue weighted by molar-refractivity contribution is 5.67. The second-order valence-corrected chi connectivity index (χ2v) is 5.12. The average Bonchev–Trinajstić information content (AvgIpc) is 2.29. The Kier molecular flexibility index (Phi) is 12.4. The lowest BCUT2D eigenvalue weighted by Gasteiger charge is -2.24. The van der Waals surface area contributed by atoms with Crippen LogP contribution in [-0.4, -0.2) is 43.6 Å². The molecular formula is C13H29N3O3. The van der Waals surface area contributed by atoms with E-state index in [0.29, 0.717) is 6.41 Å². The van der Waals surface area contributed by atoms with Crippen molar-refractivity contribution in [3.05, 3.63) is 0 Å². The maximum absolute atomic E-state index is 11.5. The number of amides is 2. The first kappa shape index (κ1) is 20.0. The van der Waals surface area contributed by atoms with Gasteiger partial charge in [-0.15, -0.1) is 0 Å². The van der Waals surface area contributed by atoms with Crippen molar-refractivity contribution in [1.82, 2.24) is 15.8 Å². The van der Waals surface area contributed by atoms with E-state index in [9.17, 15) is 9.59 Å². The van der Waals surface area contributed by atoms with Crippen LogP contribution in [0, 0.1) is 0 Å². The van der Waals surface area contributed by atoms with Gasteiger partial charge in [0.2, 0.25) is 6.41 Å².